The molecule has 0 fully saturated rings. The molecule has 0 atom stereocenters. The number of furan rings is 1. The zero-order chi connectivity index (χ0) is 13.5. The van der Waals surface area contributed by atoms with Gasteiger partial charge in [-0.15, -0.1) is 10.2 Å². The molecule has 0 saturated carbocycles. The van der Waals surface area contributed by atoms with Crippen molar-refractivity contribution in [2.45, 2.75) is 0 Å². The Labute approximate surface area is 126 Å². The fourth-order valence-corrected chi connectivity index (χ4v) is 2.99. The maximum absolute atomic E-state index is 5.35. The van der Waals surface area contributed by atoms with Crippen LogP contribution in [0.25, 0.3) is 27.1 Å². The highest BCUT2D eigenvalue weighted by atomic mass is 79.9. The van der Waals surface area contributed by atoms with Crippen molar-refractivity contribution in [2.24, 2.45) is 0 Å². The molecule has 5 nitrogen and oxygen atoms in total. The van der Waals surface area contributed by atoms with E-state index in [1.54, 1.807) is 10.8 Å². The Kier molecular flexibility index (Phi) is 2.68. The van der Waals surface area contributed by atoms with Gasteiger partial charge in [-0.3, -0.25) is 0 Å². The van der Waals surface area contributed by atoms with Crippen LogP contribution in [0.5, 0.6) is 0 Å². The Hall–Kier alpha value is -1.99. The number of fused-ring (bicyclic) bond motifs is 1. The van der Waals surface area contributed by atoms with Gasteiger partial charge in [-0.1, -0.05) is 39.4 Å². The summed E-state index contributed by atoms with van der Waals surface area (Å²) in [6.45, 7) is 0. The molecule has 0 saturated heterocycles. The molecule has 0 spiro atoms. The minimum atomic E-state index is 0.615. The van der Waals surface area contributed by atoms with Crippen LogP contribution in [-0.4, -0.2) is 19.8 Å². The highest BCUT2D eigenvalue weighted by molar-refractivity contribution is 9.10. The van der Waals surface area contributed by atoms with Crippen LogP contribution in [0.4, 0.5) is 0 Å². The summed E-state index contributed by atoms with van der Waals surface area (Å²) in [5.74, 6) is 1.27. The van der Waals surface area contributed by atoms with Gasteiger partial charge in [0.25, 0.3) is 0 Å². The second-order valence-corrected chi connectivity index (χ2v) is 5.98. The van der Waals surface area contributed by atoms with E-state index in [0.717, 1.165) is 20.0 Å². The van der Waals surface area contributed by atoms with E-state index in [4.69, 9.17) is 4.42 Å². The lowest BCUT2D eigenvalue weighted by Gasteiger charge is -1.95. The molecule has 4 rings (SSSR count). The highest BCUT2D eigenvalue weighted by Gasteiger charge is 2.15. The Morgan fingerprint density at radius 2 is 1.95 bits per heavy atom. The van der Waals surface area contributed by atoms with Gasteiger partial charge >= 0.3 is 0 Å². The lowest BCUT2D eigenvalue weighted by molar-refractivity contribution is 0.575. The number of aromatic nitrogens is 4. The van der Waals surface area contributed by atoms with Crippen molar-refractivity contribution < 1.29 is 4.42 Å². The second kappa shape index (κ2) is 4.53. The smallest absolute Gasteiger partial charge is 0.235 e. The molecule has 0 aliphatic heterocycles. The molecule has 0 bridgehead atoms. The lowest BCUT2D eigenvalue weighted by atomic mass is 10.2. The molecule has 0 aliphatic rings. The van der Waals surface area contributed by atoms with Gasteiger partial charge in [0, 0.05) is 10.0 Å². The van der Waals surface area contributed by atoms with Gasteiger partial charge in [0.15, 0.2) is 5.76 Å². The third-order valence-corrected chi connectivity index (χ3v) is 4.30. The summed E-state index contributed by atoms with van der Waals surface area (Å²) in [6, 6.07) is 11.7. The minimum Gasteiger partial charge on any atom is -0.461 e. The van der Waals surface area contributed by atoms with Crippen LogP contribution in [0.3, 0.4) is 0 Å². The molecule has 1 aromatic carbocycles. The highest BCUT2D eigenvalue weighted by Crippen LogP contribution is 2.28. The first kappa shape index (κ1) is 11.8. The van der Waals surface area contributed by atoms with E-state index in [0.29, 0.717) is 11.6 Å². The summed E-state index contributed by atoms with van der Waals surface area (Å²) in [5, 5.41) is 13.7. The van der Waals surface area contributed by atoms with E-state index in [2.05, 4.69) is 31.2 Å². The van der Waals surface area contributed by atoms with Crippen molar-refractivity contribution in [3.63, 3.8) is 0 Å². The Morgan fingerprint density at radius 1 is 1.10 bits per heavy atom. The first-order chi connectivity index (χ1) is 9.81. The fraction of sp³-hybridized carbons (Fsp3) is 0. The van der Waals surface area contributed by atoms with Crippen LogP contribution in [-0.2, 0) is 0 Å². The quantitative estimate of drug-likeness (QED) is 0.552. The molecular weight excluding hydrogens is 340 g/mol. The monoisotopic (exact) mass is 346 g/mol. The van der Waals surface area contributed by atoms with Crippen LogP contribution in [0.1, 0.15) is 0 Å². The zero-order valence-corrected chi connectivity index (χ0v) is 12.4. The maximum Gasteiger partial charge on any atom is 0.235 e. The van der Waals surface area contributed by atoms with Crippen LogP contribution in [0.2, 0.25) is 0 Å². The summed E-state index contributed by atoms with van der Waals surface area (Å²) in [7, 11) is 0. The molecule has 0 unspecified atom stereocenters. The topological polar surface area (TPSA) is 56.2 Å². The third kappa shape index (κ3) is 1.86. The fourth-order valence-electron chi connectivity index (χ4n) is 1.89. The van der Waals surface area contributed by atoms with Crippen molar-refractivity contribution >= 4 is 32.2 Å². The Morgan fingerprint density at radius 3 is 2.70 bits per heavy atom. The zero-order valence-electron chi connectivity index (χ0n) is 10.0. The number of nitrogens with zero attached hydrogens (tertiary/aromatic N) is 4. The van der Waals surface area contributed by atoms with E-state index in [1.165, 1.54) is 11.3 Å². The number of halogens is 1. The van der Waals surface area contributed by atoms with Crippen LogP contribution in [0.15, 0.2) is 51.6 Å². The SMILES string of the molecule is Brc1ccc(-c2nn3c(-c4ccco4)nnc3s2)cc1. The molecule has 0 radical (unpaired) electrons. The third-order valence-electron chi connectivity index (χ3n) is 2.82. The van der Waals surface area contributed by atoms with Crippen molar-refractivity contribution in [1.29, 1.82) is 0 Å². The first-order valence-electron chi connectivity index (χ1n) is 5.83. The van der Waals surface area contributed by atoms with E-state index < -0.39 is 0 Å². The predicted molar refractivity (Wildman–Crippen MR) is 79.5 cm³/mol. The van der Waals surface area contributed by atoms with Gasteiger partial charge < -0.3 is 4.42 Å². The van der Waals surface area contributed by atoms with E-state index >= 15 is 0 Å². The number of rotatable bonds is 2. The van der Waals surface area contributed by atoms with Crippen LogP contribution in [0, 0.1) is 0 Å². The number of benzene rings is 1. The van der Waals surface area contributed by atoms with Gasteiger partial charge in [-0.2, -0.15) is 9.61 Å². The average molecular weight is 347 g/mol. The standard InChI is InChI=1S/C13H7BrN4OS/c14-9-5-3-8(4-6-9)12-17-18-11(10-2-1-7-19-10)15-16-13(18)20-12/h1-7H. The van der Waals surface area contributed by atoms with Crippen LogP contribution >= 0.6 is 27.3 Å². The van der Waals surface area contributed by atoms with Gasteiger partial charge in [-0.05, 0) is 24.3 Å². The molecule has 0 amide bonds. The summed E-state index contributed by atoms with van der Waals surface area (Å²) in [4.78, 5) is 0.745. The van der Waals surface area contributed by atoms with Gasteiger partial charge in [0.05, 0.1) is 6.26 Å². The Bertz CT molecular complexity index is 864. The molecule has 98 valence electrons. The molecular formula is C13H7BrN4OS. The first-order valence-corrected chi connectivity index (χ1v) is 7.44. The number of hydrogen-bond donors (Lipinski definition) is 0. The molecule has 0 N–H and O–H groups in total. The van der Waals surface area contributed by atoms with Crippen molar-refractivity contribution in [1.82, 2.24) is 19.8 Å². The maximum atomic E-state index is 5.35. The predicted octanol–water partition coefficient (Wildman–Crippen LogP) is 3.88. The molecule has 3 heterocycles. The Balaban J connectivity index is 1.85. The molecule has 3 aromatic heterocycles. The lowest BCUT2D eigenvalue weighted by Crippen LogP contribution is -1.89. The van der Waals surface area contributed by atoms with Crippen molar-refractivity contribution in [3.05, 3.63) is 47.1 Å². The van der Waals surface area contributed by atoms with E-state index in [-0.39, 0.29) is 0 Å². The molecule has 4 aromatic rings. The minimum absolute atomic E-state index is 0.615. The van der Waals surface area contributed by atoms with Crippen molar-refractivity contribution in [3.8, 4) is 22.2 Å². The molecule has 0 aliphatic carbocycles. The summed E-state index contributed by atoms with van der Waals surface area (Å²) in [6.07, 6.45) is 1.61. The van der Waals surface area contributed by atoms with Gasteiger partial charge in [0.2, 0.25) is 10.8 Å². The van der Waals surface area contributed by atoms with Crippen molar-refractivity contribution in [2.75, 3.05) is 0 Å². The largest absolute Gasteiger partial charge is 0.461 e. The molecule has 7 heteroatoms. The average Bonchev–Trinajstić information content (AvgIpc) is 3.15. The van der Waals surface area contributed by atoms with Gasteiger partial charge in [-0.25, -0.2) is 0 Å². The summed E-state index contributed by atoms with van der Waals surface area (Å²) in [5.41, 5.74) is 1.05. The molecule has 20 heavy (non-hydrogen) atoms. The summed E-state index contributed by atoms with van der Waals surface area (Å²) >= 11 is 4.92. The van der Waals surface area contributed by atoms with E-state index in [1.807, 2.05) is 36.4 Å². The van der Waals surface area contributed by atoms with Gasteiger partial charge in [0.1, 0.15) is 5.01 Å². The van der Waals surface area contributed by atoms with Crippen LogP contribution < -0.4 is 0 Å². The second-order valence-electron chi connectivity index (χ2n) is 4.11. The number of hydrogen-bond acceptors (Lipinski definition) is 5. The van der Waals surface area contributed by atoms with E-state index in [9.17, 15) is 0 Å². The summed E-state index contributed by atoms with van der Waals surface area (Å²) < 4.78 is 8.10. The normalized spacial score (nSPS) is 11.2.